The molecule has 1 amide bonds. The summed E-state index contributed by atoms with van der Waals surface area (Å²) in [5.74, 6) is 0.106. The minimum atomic E-state index is 0. The number of carbonyl (C=O) groups excluding carboxylic acids is 1. The van der Waals surface area contributed by atoms with Gasteiger partial charge in [0, 0.05) is 32.1 Å². The number of nitrogens with one attached hydrogen (secondary N) is 1. The van der Waals surface area contributed by atoms with Gasteiger partial charge in [-0.05, 0) is 25.8 Å². The summed E-state index contributed by atoms with van der Waals surface area (Å²) in [6, 6.07) is 0.372. The molecule has 0 aromatic carbocycles. The Morgan fingerprint density at radius 2 is 1.94 bits per heavy atom. The number of nitrogens with two attached hydrogens (primary N) is 1. The van der Waals surface area contributed by atoms with Crippen molar-refractivity contribution in [3.63, 3.8) is 0 Å². The minimum absolute atomic E-state index is 0. The molecule has 1 rings (SSSR count). The van der Waals surface area contributed by atoms with Crippen LogP contribution in [0.15, 0.2) is 0 Å². The summed E-state index contributed by atoms with van der Waals surface area (Å²) in [5.41, 5.74) is 5.34. The average molecular weight is 300 g/mol. The van der Waals surface area contributed by atoms with Crippen molar-refractivity contribution >= 4 is 30.7 Å². The monoisotopic (exact) mass is 299 g/mol. The largest absolute Gasteiger partial charge is 0.353 e. The molecular formula is C12H27Cl2N3O. The van der Waals surface area contributed by atoms with Gasteiger partial charge in [-0.3, -0.25) is 4.79 Å². The number of rotatable bonds is 6. The lowest BCUT2D eigenvalue weighted by atomic mass is 10.0. The van der Waals surface area contributed by atoms with E-state index in [0.29, 0.717) is 19.0 Å². The Morgan fingerprint density at radius 1 is 1.33 bits per heavy atom. The topological polar surface area (TPSA) is 58.4 Å². The van der Waals surface area contributed by atoms with Gasteiger partial charge in [-0.2, -0.15) is 0 Å². The Bertz CT molecular complexity index is 209. The summed E-state index contributed by atoms with van der Waals surface area (Å²) in [6.07, 6.45) is 5.16. The van der Waals surface area contributed by atoms with Gasteiger partial charge in [0.05, 0.1) is 0 Å². The third kappa shape index (κ3) is 8.14. The van der Waals surface area contributed by atoms with Crippen LogP contribution >= 0.6 is 24.8 Å². The second kappa shape index (κ2) is 12.0. The van der Waals surface area contributed by atoms with E-state index in [0.717, 1.165) is 25.9 Å². The second-order valence-electron chi connectivity index (χ2n) is 4.58. The van der Waals surface area contributed by atoms with Crippen LogP contribution in [0.5, 0.6) is 0 Å². The molecule has 1 heterocycles. The summed E-state index contributed by atoms with van der Waals surface area (Å²) < 4.78 is 0. The Hall–Kier alpha value is -0.0300. The fourth-order valence-corrected chi connectivity index (χ4v) is 2.11. The summed E-state index contributed by atoms with van der Waals surface area (Å²) in [5, 5.41) is 3.05. The van der Waals surface area contributed by atoms with Gasteiger partial charge < -0.3 is 16.0 Å². The smallest absolute Gasteiger partial charge is 0.221 e. The zero-order valence-corrected chi connectivity index (χ0v) is 12.8. The molecule has 1 fully saturated rings. The molecule has 0 radical (unpaired) electrons. The number of hydrogen-bond acceptors (Lipinski definition) is 3. The maximum atomic E-state index is 11.4. The number of unbranched alkanes of at least 4 members (excludes halogenated alkanes) is 1. The molecule has 0 atom stereocenters. The molecule has 1 aliphatic heterocycles. The third-order valence-corrected chi connectivity index (χ3v) is 3.15. The summed E-state index contributed by atoms with van der Waals surface area (Å²) in [6.45, 7) is 6.11. The predicted molar refractivity (Wildman–Crippen MR) is 80.7 cm³/mol. The van der Waals surface area contributed by atoms with Crippen molar-refractivity contribution in [2.75, 3.05) is 26.2 Å². The first kappa shape index (κ1) is 20.3. The molecule has 0 aromatic heterocycles. The Labute approximate surface area is 123 Å². The Morgan fingerprint density at radius 3 is 2.44 bits per heavy atom. The van der Waals surface area contributed by atoms with Crippen molar-refractivity contribution in [1.29, 1.82) is 0 Å². The van der Waals surface area contributed by atoms with Crippen LogP contribution < -0.4 is 11.1 Å². The molecule has 3 N–H and O–H groups in total. The minimum Gasteiger partial charge on any atom is -0.353 e. The number of nitrogens with zero attached hydrogens (tertiary/aromatic N) is 1. The van der Waals surface area contributed by atoms with E-state index < -0.39 is 0 Å². The van der Waals surface area contributed by atoms with E-state index in [2.05, 4.69) is 17.1 Å². The van der Waals surface area contributed by atoms with Crippen LogP contribution in [0, 0.1) is 0 Å². The van der Waals surface area contributed by atoms with Gasteiger partial charge in [0.1, 0.15) is 0 Å². The number of carbonyl (C=O) groups is 1. The highest BCUT2D eigenvalue weighted by atomic mass is 35.5. The lowest BCUT2D eigenvalue weighted by molar-refractivity contribution is -0.121. The van der Waals surface area contributed by atoms with Crippen LogP contribution in [0.2, 0.25) is 0 Å². The highest BCUT2D eigenvalue weighted by Gasteiger charge is 2.19. The number of hydrogen-bond donors (Lipinski definition) is 2. The van der Waals surface area contributed by atoms with Gasteiger partial charge in [0.2, 0.25) is 5.91 Å². The molecule has 0 unspecified atom stereocenters. The highest BCUT2D eigenvalue weighted by molar-refractivity contribution is 5.85. The predicted octanol–water partition coefficient (Wildman–Crippen LogP) is 1.56. The van der Waals surface area contributed by atoms with Gasteiger partial charge in [-0.25, -0.2) is 0 Å². The van der Waals surface area contributed by atoms with E-state index in [1.807, 2.05) is 0 Å². The quantitative estimate of drug-likeness (QED) is 0.782. The fraction of sp³-hybridized carbons (Fsp3) is 0.917. The normalized spacial score (nSPS) is 16.6. The molecule has 1 aliphatic rings. The maximum Gasteiger partial charge on any atom is 0.221 e. The van der Waals surface area contributed by atoms with Crippen molar-refractivity contribution in [2.24, 2.45) is 5.73 Å². The van der Waals surface area contributed by atoms with Gasteiger partial charge in [-0.15, -0.1) is 24.8 Å². The van der Waals surface area contributed by atoms with E-state index in [1.165, 1.54) is 19.4 Å². The van der Waals surface area contributed by atoms with E-state index in [4.69, 9.17) is 5.73 Å². The zero-order valence-electron chi connectivity index (χ0n) is 11.2. The average Bonchev–Trinajstić information content (AvgIpc) is 2.28. The van der Waals surface area contributed by atoms with Gasteiger partial charge >= 0.3 is 0 Å². The number of piperidine rings is 1. The number of halogens is 2. The zero-order chi connectivity index (χ0) is 11.8. The van der Waals surface area contributed by atoms with Gasteiger partial charge in [0.25, 0.3) is 0 Å². The molecular weight excluding hydrogens is 273 g/mol. The summed E-state index contributed by atoms with van der Waals surface area (Å²) >= 11 is 0. The van der Waals surface area contributed by atoms with Crippen LogP contribution in [0.25, 0.3) is 0 Å². The van der Waals surface area contributed by atoms with Crippen molar-refractivity contribution in [2.45, 2.75) is 45.1 Å². The molecule has 4 nitrogen and oxygen atoms in total. The fourth-order valence-electron chi connectivity index (χ4n) is 2.11. The molecule has 0 saturated carbocycles. The standard InChI is InChI=1S/C12H25N3O.2ClH/c1-2-3-8-15-9-5-11(6-10-15)14-12(16)4-7-13;;/h11H,2-10,13H2,1H3,(H,14,16);2*1H. The van der Waals surface area contributed by atoms with Crippen molar-refractivity contribution in [3.8, 4) is 0 Å². The molecule has 0 aliphatic carbocycles. The molecule has 6 heteroatoms. The van der Waals surface area contributed by atoms with Crippen LogP contribution in [0.1, 0.15) is 39.0 Å². The van der Waals surface area contributed by atoms with Gasteiger partial charge in [-0.1, -0.05) is 13.3 Å². The van der Waals surface area contributed by atoms with Crippen LogP contribution in [-0.2, 0) is 4.79 Å². The molecule has 0 spiro atoms. The lowest BCUT2D eigenvalue weighted by Crippen LogP contribution is -2.45. The molecule has 18 heavy (non-hydrogen) atoms. The number of likely N-dealkylation sites (tertiary alicyclic amines) is 1. The Balaban J connectivity index is 0. The van der Waals surface area contributed by atoms with Crippen molar-refractivity contribution in [3.05, 3.63) is 0 Å². The van der Waals surface area contributed by atoms with E-state index in [9.17, 15) is 4.79 Å². The van der Waals surface area contributed by atoms with Crippen molar-refractivity contribution < 1.29 is 4.79 Å². The summed E-state index contributed by atoms with van der Waals surface area (Å²) in [7, 11) is 0. The van der Waals surface area contributed by atoms with E-state index in [1.54, 1.807) is 0 Å². The van der Waals surface area contributed by atoms with Gasteiger partial charge in [0.15, 0.2) is 0 Å². The lowest BCUT2D eigenvalue weighted by Gasteiger charge is -2.32. The SMILES string of the molecule is CCCCN1CCC(NC(=O)CCN)CC1.Cl.Cl. The highest BCUT2D eigenvalue weighted by Crippen LogP contribution is 2.11. The molecule has 0 aromatic rings. The molecule has 110 valence electrons. The molecule has 0 bridgehead atoms. The molecule has 1 saturated heterocycles. The van der Waals surface area contributed by atoms with Crippen LogP contribution in [0.3, 0.4) is 0 Å². The van der Waals surface area contributed by atoms with Crippen LogP contribution in [-0.4, -0.2) is 43.0 Å². The van der Waals surface area contributed by atoms with Crippen LogP contribution in [0.4, 0.5) is 0 Å². The Kier molecular flexibility index (Phi) is 13.6. The van der Waals surface area contributed by atoms with E-state index >= 15 is 0 Å². The first-order valence-corrected chi connectivity index (χ1v) is 6.48. The second-order valence-corrected chi connectivity index (χ2v) is 4.58. The first-order valence-electron chi connectivity index (χ1n) is 6.48. The van der Waals surface area contributed by atoms with Crippen molar-refractivity contribution in [1.82, 2.24) is 10.2 Å². The first-order chi connectivity index (χ1) is 7.76. The maximum absolute atomic E-state index is 11.4. The third-order valence-electron chi connectivity index (χ3n) is 3.15. The summed E-state index contributed by atoms with van der Waals surface area (Å²) in [4.78, 5) is 13.9. The van der Waals surface area contributed by atoms with E-state index in [-0.39, 0.29) is 30.7 Å². The number of amides is 1.